The van der Waals surface area contributed by atoms with E-state index < -0.39 is 84.9 Å². The van der Waals surface area contributed by atoms with E-state index in [0.717, 1.165) is 27.7 Å². The molecule has 0 aromatic heterocycles. The van der Waals surface area contributed by atoms with E-state index in [0.29, 0.717) is 27.1 Å². The summed E-state index contributed by atoms with van der Waals surface area (Å²) in [5.41, 5.74) is 0.476. The monoisotopic (exact) mass is 768 g/mol. The van der Waals surface area contributed by atoms with Crippen LogP contribution in [0.1, 0.15) is 54.0 Å². The Balaban J connectivity index is 1.53. The lowest BCUT2D eigenvalue weighted by Crippen LogP contribution is -2.67. The number of ether oxygens (including phenoxy) is 11. The van der Waals surface area contributed by atoms with Crippen molar-refractivity contribution in [1.29, 1.82) is 0 Å². The molecule has 18 nitrogen and oxygen atoms in total. The normalized spacial score (nSPS) is 23.8. The minimum absolute atomic E-state index is 0.0419. The van der Waals surface area contributed by atoms with E-state index in [-0.39, 0.29) is 41.8 Å². The van der Waals surface area contributed by atoms with Gasteiger partial charge in [-0.1, -0.05) is 0 Å². The molecule has 3 heterocycles. The summed E-state index contributed by atoms with van der Waals surface area (Å²) in [5, 5.41) is 1.52. The lowest BCUT2D eigenvalue weighted by atomic mass is 9.90. The third kappa shape index (κ3) is 8.30. The third-order valence-corrected chi connectivity index (χ3v) is 8.51. The van der Waals surface area contributed by atoms with Crippen molar-refractivity contribution in [2.45, 2.75) is 98.0 Å². The van der Waals surface area contributed by atoms with Gasteiger partial charge in [-0.25, -0.2) is 0 Å². The average molecular weight is 769 g/mol. The molecule has 0 radical (unpaired) electrons. The molecule has 0 unspecified atom stereocenters. The Morgan fingerprint density at radius 3 is 1.51 bits per heavy atom. The van der Waals surface area contributed by atoms with Crippen LogP contribution in [0.5, 0.6) is 28.7 Å². The van der Waals surface area contributed by atoms with Crippen molar-refractivity contribution in [3.63, 3.8) is 0 Å². The van der Waals surface area contributed by atoms with Crippen LogP contribution in [0, 0.1) is 0 Å². The summed E-state index contributed by atoms with van der Waals surface area (Å²) in [6, 6.07) is 5.79. The Labute approximate surface area is 312 Å². The Hall–Kier alpha value is -5.85. The lowest BCUT2D eigenvalue weighted by Gasteiger charge is -2.50. The fourth-order valence-electron chi connectivity index (χ4n) is 6.73. The van der Waals surface area contributed by atoms with Crippen LogP contribution in [0.3, 0.4) is 0 Å². The van der Waals surface area contributed by atoms with Crippen LogP contribution in [0.2, 0.25) is 0 Å². The summed E-state index contributed by atoms with van der Waals surface area (Å²) in [6.45, 7) is 7.75. The number of esters is 7. The number of fused-ring (bicyclic) bond motifs is 8. The number of benzene rings is 3. The van der Waals surface area contributed by atoms with Crippen LogP contribution < -0.4 is 23.7 Å². The van der Waals surface area contributed by atoms with Crippen molar-refractivity contribution in [3.05, 3.63) is 29.8 Å². The summed E-state index contributed by atoms with van der Waals surface area (Å²) in [7, 11) is 0. The Kier molecular flexibility index (Phi) is 10.9. The fourth-order valence-corrected chi connectivity index (χ4v) is 6.73. The summed E-state index contributed by atoms with van der Waals surface area (Å²) >= 11 is 0. The van der Waals surface area contributed by atoms with E-state index >= 15 is 0 Å². The van der Waals surface area contributed by atoms with E-state index in [1.165, 1.54) is 45.0 Å². The molecule has 2 saturated heterocycles. The van der Waals surface area contributed by atoms with Crippen molar-refractivity contribution >= 4 is 63.3 Å². The molecule has 0 bridgehead atoms. The standard InChI is InChI=1S/C37H36O18/c1-14(38)45-13-31-33(50-19(6)43)34(51-20(7)44)35-37(53-31)52-30-12-25-23-10-27(47-16(3)40)26(46-15(2)39)8-21(23)22-9-28(48-17(4)41)29(49-18(5)42)11-24(22)32(25)54-36(30)55-35/h8-11,30-31,33-37H,12-13H2,1-7H3/t30-,31-,33-,34+,35-,36-,37-/m1/s1. The van der Waals surface area contributed by atoms with E-state index in [2.05, 4.69) is 0 Å². The molecule has 55 heavy (non-hydrogen) atoms. The minimum atomic E-state index is -1.31. The van der Waals surface area contributed by atoms with E-state index in [4.69, 9.17) is 52.1 Å². The van der Waals surface area contributed by atoms with Crippen molar-refractivity contribution in [2.75, 3.05) is 6.61 Å². The van der Waals surface area contributed by atoms with Gasteiger partial charge in [-0.2, -0.15) is 0 Å². The second kappa shape index (κ2) is 15.5. The number of carbonyl (C=O) groups is 7. The van der Waals surface area contributed by atoms with Gasteiger partial charge in [0.1, 0.15) is 24.6 Å². The summed E-state index contributed by atoms with van der Waals surface area (Å²) < 4.78 is 63.4. The minimum Gasteiger partial charge on any atom is -0.463 e. The van der Waals surface area contributed by atoms with Crippen LogP contribution in [0.15, 0.2) is 24.3 Å². The Morgan fingerprint density at radius 2 is 1.02 bits per heavy atom. The molecule has 0 amide bonds. The smallest absolute Gasteiger partial charge is 0.308 e. The van der Waals surface area contributed by atoms with Crippen LogP contribution >= 0.6 is 0 Å². The second-order valence-electron chi connectivity index (χ2n) is 12.8. The molecule has 0 aliphatic carbocycles. The zero-order chi connectivity index (χ0) is 39.9. The molecule has 0 saturated carbocycles. The molecule has 3 aliphatic heterocycles. The van der Waals surface area contributed by atoms with Crippen LogP contribution in [-0.2, 0) is 68.4 Å². The SMILES string of the molecule is CC(=O)OC[C@H]1O[C@H]2O[C@@H]3Cc4c(c5cc(OC(C)=O)c(OC(C)=O)cc5c5cc(OC(C)=O)c(OC(C)=O)cc45)O[C@@H]3O[C@@H]2[C@@H](OC(C)=O)[C@@H]1OC(C)=O. The molecule has 3 aromatic carbocycles. The number of carbonyl (C=O) groups excluding carboxylic acids is 7. The first kappa shape index (κ1) is 38.9. The highest BCUT2D eigenvalue weighted by atomic mass is 16.8. The highest BCUT2D eigenvalue weighted by Crippen LogP contribution is 2.50. The third-order valence-electron chi connectivity index (χ3n) is 8.51. The van der Waals surface area contributed by atoms with Crippen molar-refractivity contribution in [1.82, 2.24) is 0 Å². The van der Waals surface area contributed by atoms with E-state index in [9.17, 15) is 33.6 Å². The molecular formula is C37H36O18. The van der Waals surface area contributed by atoms with Gasteiger partial charge in [0.15, 0.2) is 47.6 Å². The zero-order valence-electron chi connectivity index (χ0n) is 30.6. The topological polar surface area (TPSA) is 221 Å². The predicted octanol–water partition coefficient (Wildman–Crippen LogP) is 2.89. The van der Waals surface area contributed by atoms with E-state index in [1.54, 1.807) is 0 Å². The molecule has 3 aliphatic rings. The number of rotatable bonds is 8. The number of hydrogen-bond donors (Lipinski definition) is 0. The lowest BCUT2D eigenvalue weighted by molar-refractivity contribution is -0.390. The molecule has 0 spiro atoms. The van der Waals surface area contributed by atoms with Gasteiger partial charge in [-0.15, -0.1) is 0 Å². The first-order valence-corrected chi connectivity index (χ1v) is 16.9. The first-order chi connectivity index (χ1) is 26.0. The fraction of sp³-hybridized carbons (Fsp3) is 0.432. The molecule has 3 aromatic rings. The molecule has 7 atom stereocenters. The average Bonchev–Trinajstić information content (AvgIpc) is 3.06. The maximum atomic E-state index is 12.3. The zero-order valence-corrected chi connectivity index (χ0v) is 30.6. The Morgan fingerprint density at radius 1 is 0.545 bits per heavy atom. The molecule has 292 valence electrons. The van der Waals surface area contributed by atoms with Crippen molar-refractivity contribution in [2.24, 2.45) is 0 Å². The molecule has 18 heteroatoms. The van der Waals surface area contributed by atoms with Crippen molar-refractivity contribution in [3.8, 4) is 28.7 Å². The molecule has 0 N–H and O–H groups in total. The van der Waals surface area contributed by atoms with Gasteiger partial charge in [0.2, 0.25) is 6.29 Å². The van der Waals surface area contributed by atoms with Gasteiger partial charge >= 0.3 is 41.8 Å². The van der Waals surface area contributed by atoms with Crippen LogP contribution in [0.4, 0.5) is 0 Å². The Bertz CT molecular complexity index is 2120. The molecule has 2 fully saturated rings. The maximum Gasteiger partial charge on any atom is 0.308 e. The quantitative estimate of drug-likeness (QED) is 0.139. The van der Waals surface area contributed by atoms with Gasteiger partial charge in [-0.05, 0) is 40.4 Å². The van der Waals surface area contributed by atoms with Crippen LogP contribution in [-0.4, -0.2) is 91.5 Å². The maximum absolute atomic E-state index is 12.3. The predicted molar refractivity (Wildman–Crippen MR) is 181 cm³/mol. The van der Waals surface area contributed by atoms with Crippen LogP contribution in [0.25, 0.3) is 21.5 Å². The van der Waals surface area contributed by atoms with E-state index in [1.807, 2.05) is 0 Å². The second-order valence-corrected chi connectivity index (χ2v) is 12.8. The summed E-state index contributed by atoms with van der Waals surface area (Å²) in [5.74, 6) is -5.22. The highest BCUT2D eigenvalue weighted by Gasteiger charge is 2.57. The van der Waals surface area contributed by atoms with Crippen molar-refractivity contribution < 1.29 is 85.7 Å². The van der Waals surface area contributed by atoms with Gasteiger partial charge in [0.25, 0.3) is 0 Å². The van der Waals surface area contributed by atoms with Gasteiger partial charge in [-0.3, -0.25) is 33.6 Å². The van der Waals surface area contributed by atoms with Gasteiger partial charge in [0.05, 0.1) is 0 Å². The highest BCUT2D eigenvalue weighted by molar-refractivity contribution is 6.14. The van der Waals surface area contributed by atoms with Gasteiger partial charge in [0, 0.05) is 65.8 Å². The van der Waals surface area contributed by atoms with Gasteiger partial charge < -0.3 is 52.1 Å². The number of hydrogen-bond acceptors (Lipinski definition) is 18. The molecular weight excluding hydrogens is 732 g/mol. The summed E-state index contributed by atoms with van der Waals surface area (Å²) in [4.78, 5) is 84.8. The molecule has 6 rings (SSSR count). The largest absolute Gasteiger partial charge is 0.463 e. The first-order valence-electron chi connectivity index (χ1n) is 16.9. The summed E-state index contributed by atoms with van der Waals surface area (Å²) in [6.07, 6.45) is -8.34.